The van der Waals surface area contributed by atoms with Crippen LogP contribution in [0.3, 0.4) is 0 Å². The Morgan fingerprint density at radius 3 is 2.71 bits per heavy atom. The van der Waals surface area contributed by atoms with Crippen molar-refractivity contribution in [3.05, 3.63) is 16.1 Å². The van der Waals surface area contributed by atoms with Crippen LogP contribution in [0.25, 0.3) is 0 Å². The molecule has 0 saturated carbocycles. The summed E-state index contributed by atoms with van der Waals surface area (Å²) in [4.78, 5) is 5.69. The second-order valence-corrected chi connectivity index (χ2v) is 5.46. The number of nitrogens with two attached hydrogens (primary N) is 1. The van der Waals surface area contributed by atoms with Crippen LogP contribution >= 0.6 is 11.3 Å². The first kappa shape index (κ1) is 11.6. The molecule has 3 N–H and O–H groups in total. The fraction of sp³-hybridized carbons (Fsp3) is 0.700. The molecule has 0 fully saturated rings. The van der Waals surface area contributed by atoms with E-state index in [2.05, 4.69) is 31.1 Å². The Bertz CT molecular complexity index is 275. The Labute approximate surface area is 89.7 Å². The van der Waals surface area contributed by atoms with Crippen molar-refractivity contribution in [3.8, 4) is 0 Å². The molecular formula is C10H19N3S. The molecule has 4 heteroatoms. The van der Waals surface area contributed by atoms with Crippen molar-refractivity contribution in [3.63, 3.8) is 0 Å². The van der Waals surface area contributed by atoms with Gasteiger partial charge in [-0.1, -0.05) is 20.8 Å². The predicted octanol–water partition coefficient (Wildman–Crippen LogP) is 1.49. The Balaban J connectivity index is 2.51. The molecule has 1 aromatic heterocycles. The fourth-order valence-corrected chi connectivity index (χ4v) is 1.99. The summed E-state index contributed by atoms with van der Waals surface area (Å²) in [5.41, 5.74) is 5.56. The van der Waals surface area contributed by atoms with Crippen LogP contribution in [0.15, 0.2) is 6.20 Å². The molecule has 0 aliphatic carbocycles. The largest absolute Gasteiger partial charge is 0.329 e. The standard InChI is InChI=1S/C10H19N3S/c1-10(2,3)9-13-7-8(14-9)6-12-5-4-11/h7,12H,4-6,11H2,1-3H3. The molecule has 0 bridgehead atoms. The minimum Gasteiger partial charge on any atom is -0.329 e. The SMILES string of the molecule is CC(C)(C)c1ncc(CNCCN)s1. The van der Waals surface area contributed by atoms with Crippen LogP contribution in [0.1, 0.15) is 30.7 Å². The minimum atomic E-state index is 0.163. The highest BCUT2D eigenvalue weighted by Gasteiger charge is 2.17. The molecule has 1 aromatic rings. The van der Waals surface area contributed by atoms with Crippen molar-refractivity contribution >= 4 is 11.3 Å². The summed E-state index contributed by atoms with van der Waals surface area (Å²) in [7, 11) is 0. The maximum Gasteiger partial charge on any atom is 0.0981 e. The number of rotatable bonds is 4. The lowest BCUT2D eigenvalue weighted by Crippen LogP contribution is -2.21. The molecule has 0 aliphatic rings. The third kappa shape index (κ3) is 3.36. The van der Waals surface area contributed by atoms with Gasteiger partial charge in [-0.15, -0.1) is 11.3 Å². The molecule has 0 unspecified atom stereocenters. The van der Waals surface area contributed by atoms with Gasteiger partial charge in [0.05, 0.1) is 5.01 Å². The summed E-state index contributed by atoms with van der Waals surface area (Å²) in [6.07, 6.45) is 1.95. The van der Waals surface area contributed by atoms with Gasteiger partial charge in [-0.25, -0.2) is 4.98 Å². The van der Waals surface area contributed by atoms with E-state index in [-0.39, 0.29) is 5.41 Å². The lowest BCUT2D eigenvalue weighted by atomic mass is 9.98. The second kappa shape index (κ2) is 4.87. The molecule has 0 atom stereocenters. The lowest BCUT2D eigenvalue weighted by molar-refractivity contribution is 0.585. The number of nitrogens with one attached hydrogen (secondary N) is 1. The summed E-state index contributed by atoms with van der Waals surface area (Å²) < 4.78 is 0. The number of aromatic nitrogens is 1. The topological polar surface area (TPSA) is 50.9 Å². The number of hydrogen-bond donors (Lipinski definition) is 2. The first-order valence-electron chi connectivity index (χ1n) is 4.90. The highest BCUT2D eigenvalue weighted by atomic mass is 32.1. The van der Waals surface area contributed by atoms with Crippen molar-refractivity contribution in [2.45, 2.75) is 32.7 Å². The quantitative estimate of drug-likeness (QED) is 0.745. The van der Waals surface area contributed by atoms with Crippen molar-refractivity contribution in [2.24, 2.45) is 5.73 Å². The molecule has 0 aliphatic heterocycles. The fourth-order valence-electron chi connectivity index (χ4n) is 1.05. The van der Waals surface area contributed by atoms with Crippen molar-refractivity contribution in [1.29, 1.82) is 0 Å². The average Bonchev–Trinajstić information content (AvgIpc) is 2.52. The number of thiazole rings is 1. The zero-order valence-corrected chi connectivity index (χ0v) is 9.95. The van der Waals surface area contributed by atoms with Crippen LogP contribution in [0, 0.1) is 0 Å². The monoisotopic (exact) mass is 213 g/mol. The first-order chi connectivity index (χ1) is 6.54. The van der Waals surface area contributed by atoms with Gasteiger partial charge in [0.2, 0.25) is 0 Å². The number of hydrogen-bond acceptors (Lipinski definition) is 4. The van der Waals surface area contributed by atoms with Gasteiger partial charge in [0.15, 0.2) is 0 Å². The maximum absolute atomic E-state index is 5.39. The van der Waals surface area contributed by atoms with Crippen LogP contribution in [0.2, 0.25) is 0 Å². The van der Waals surface area contributed by atoms with Gasteiger partial charge in [-0.3, -0.25) is 0 Å². The third-order valence-corrected chi connectivity index (χ3v) is 3.24. The molecule has 14 heavy (non-hydrogen) atoms. The smallest absolute Gasteiger partial charge is 0.0981 e. The average molecular weight is 213 g/mol. The summed E-state index contributed by atoms with van der Waals surface area (Å²) in [6, 6.07) is 0. The third-order valence-electron chi connectivity index (χ3n) is 1.82. The molecule has 0 spiro atoms. The van der Waals surface area contributed by atoms with Crippen LogP contribution < -0.4 is 11.1 Å². The first-order valence-corrected chi connectivity index (χ1v) is 5.71. The van der Waals surface area contributed by atoms with Gasteiger partial charge >= 0.3 is 0 Å². The molecule has 1 rings (SSSR count). The molecular weight excluding hydrogens is 194 g/mol. The molecule has 0 saturated heterocycles. The lowest BCUT2D eigenvalue weighted by Gasteiger charge is -2.13. The molecule has 3 nitrogen and oxygen atoms in total. The van der Waals surface area contributed by atoms with Gasteiger partial charge in [0, 0.05) is 36.1 Å². The maximum atomic E-state index is 5.39. The Morgan fingerprint density at radius 2 is 2.21 bits per heavy atom. The summed E-state index contributed by atoms with van der Waals surface area (Å²) in [5.74, 6) is 0. The van der Waals surface area contributed by atoms with Crippen LogP contribution in [-0.4, -0.2) is 18.1 Å². The molecule has 80 valence electrons. The zero-order valence-electron chi connectivity index (χ0n) is 9.13. The van der Waals surface area contributed by atoms with Gasteiger partial charge in [0.1, 0.15) is 0 Å². The van der Waals surface area contributed by atoms with E-state index in [0.29, 0.717) is 6.54 Å². The van der Waals surface area contributed by atoms with Gasteiger partial charge in [-0.05, 0) is 0 Å². The van der Waals surface area contributed by atoms with E-state index < -0.39 is 0 Å². The summed E-state index contributed by atoms with van der Waals surface area (Å²) in [5, 5.41) is 4.46. The highest BCUT2D eigenvalue weighted by Crippen LogP contribution is 2.26. The van der Waals surface area contributed by atoms with Crippen molar-refractivity contribution in [1.82, 2.24) is 10.3 Å². The molecule has 1 heterocycles. The molecule has 0 aromatic carbocycles. The highest BCUT2D eigenvalue weighted by molar-refractivity contribution is 7.11. The zero-order chi connectivity index (χ0) is 10.6. The van der Waals surface area contributed by atoms with E-state index in [9.17, 15) is 0 Å². The van der Waals surface area contributed by atoms with Crippen molar-refractivity contribution in [2.75, 3.05) is 13.1 Å². The predicted molar refractivity (Wildman–Crippen MR) is 61.6 cm³/mol. The summed E-state index contributed by atoms with van der Waals surface area (Å²) >= 11 is 1.78. The van der Waals surface area contributed by atoms with E-state index >= 15 is 0 Å². The van der Waals surface area contributed by atoms with Gasteiger partial charge < -0.3 is 11.1 Å². The molecule has 0 amide bonds. The van der Waals surface area contributed by atoms with E-state index in [0.717, 1.165) is 13.1 Å². The second-order valence-electron chi connectivity index (χ2n) is 4.35. The van der Waals surface area contributed by atoms with Crippen LogP contribution in [0.4, 0.5) is 0 Å². The van der Waals surface area contributed by atoms with Gasteiger partial charge in [0.25, 0.3) is 0 Å². The Kier molecular flexibility index (Phi) is 4.04. The Morgan fingerprint density at radius 1 is 1.50 bits per heavy atom. The van der Waals surface area contributed by atoms with Crippen LogP contribution in [0.5, 0.6) is 0 Å². The molecule has 0 radical (unpaired) electrons. The Hall–Kier alpha value is -0.450. The van der Waals surface area contributed by atoms with Crippen LogP contribution in [-0.2, 0) is 12.0 Å². The van der Waals surface area contributed by atoms with Crippen molar-refractivity contribution < 1.29 is 0 Å². The van der Waals surface area contributed by atoms with E-state index in [1.165, 1.54) is 9.88 Å². The van der Waals surface area contributed by atoms with E-state index in [4.69, 9.17) is 5.73 Å². The van der Waals surface area contributed by atoms with E-state index in [1.54, 1.807) is 11.3 Å². The van der Waals surface area contributed by atoms with Gasteiger partial charge in [-0.2, -0.15) is 0 Å². The number of nitrogens with zero attached hydrogens (tertiary/aromatic N) is 1. The van der Waals surface area contributed by atoms with E-state index in [1.807, 2.05) is 6.20 Å². The normalized spacial score (nSPS) is 12.0. The minimum absolute atomic E-state index is 0.163. The summed E-state index contributed by atoms with van der Waals surface area (Å²) in [6.45, 7) is 8.98.